The van der Waals surface area contributed by atoms with Crippen molar-refractivity contribution in [1.82, 2.24) is 4.90 Å². The zero-order chi connectivity index (χ0) is 12.7. The van der Waals surface area contributed by atoms with Crippen LogP contribution in [0.3, 0.4) is 0 Å². The Morgan fingerprint density at radius 3 is 2.56 bits per heavy atom. The minimum absolute atomic E-state index is 0.110. The third kappa shape index (κ3) is 1.74. The summed E-state index contributed by atoms with van der Waals surface area (Å²) in [5.41, 5.74) is 4.30. The highest BCUT2D eigenvalue weighted by atomic mass is 127. The fourth-order valence-corrected chi connectivity index (χ4v) is 3.66. The number of allylic oxidation sites excluding steroid dienone is 2. The molecule has 0 fully saturated rings. The number of hydrogen-bond acceptors (Lipinski definition) is 2. The second-order valence-electron chi connectivity index (χ2n) is 4.76. The summed E-state index contributed by atoms with van der Waals surface area (Å²) in [4.78, 5) is 14.3. The van der Waals surface area contributed by atoms with Crippen molar-refractivity contribution in [3.05, 3.63) is 41.2 Å². The quantitative estimate of drug-likeness (QED) is 0.524. The SMILES string of the molecule is CN1C(=O)c2ccccc2N(I)C2=C1CCCC2. The molecule has 0 unspecified atom stereocenters. The third-order valence-corrected chi connectivity index (χ3v) is 4.80. The predicted octanol–water partition coefficient (Wildman–Crippen LogP) is 3.71. The van der Waals surface area contributed by atoms with Crippen LogP contribution < -0.4 is 3.11 Å². The molecule has 3 nitrogen and oxygen atoms in total. The molecule has 0 aromatic heterocycles. The van der Waals surface area contributed by atoms with E-state index in [1.807, 2.05) is 36.2 Å². The van der Waals surface area contributed by atoms with Crippen LogP contribution in [0.25, 0.3) is 0 Å². The number of amides is 1. The van der Waals surface area contributed by atoms with Crippen LogP contribution in [0.1, 0.15) is 36.0 Å². The summed E-state index contributed by atoms with van der Waals surface area (Å²) in [5.74, 6) is 0.110. The van der Waals surface area contributed by atoms with E-state index in [-0.39, 0.29) is 5.91 Å². The van der Waals surface area contributed by atoms with Gasteiger partial charge in [-0.15, -0.1) is 0 Å². The van der Waals surface area contributed by atoms with Crippen LogP contribution >= 0.6 is 22.9 Å². The maximum atomic E-state index is 12.5. The van der Waals surface area contributed by atoms with Gasteiger partial charge in [0.15, 0.2) is 0 Å². The van der Waals surface area contributed by atoms with Crippen molar-refractivity contribution >= 4 is 34.5 Å². The van der Waals surface area contributed by atoms with E-state index in [1.165, 1.54) is 24.2 Å². The summed E-state index contributed by atoms with van der Waals surface area (Å²) >= 11 is 2.32. The molecule has 0 atom stereocenters. The van der Waals surface area contributed by atoms with Gasteiger partial charge in [0.25, 0.3) is 5.91 Å². The van der Waals surface area contributed by atoms with Gasteiger partial charge in [-0.25, -0.2) is 0 Å². The van der Waals surface area contributed by atoms with Crippen molar-refractivity contribution < 1.29 is 4.79 Å². The van der Waals surface area contributed by atoms with Gasteiger partial charge < -0.3 is 4.90 Å². The van der Waals surface area contributed by atoms with Gasteiger partial charge in [0.1, 0.15) is 0 Å². The second kappa shape index (κ2) is 4.57. The molecule has 1 aliphatic heterocycles. The minimum Gasteiger partial charge on any atom is -0.313 e. The zero-order valence-electron chi connectivity index (χ0n) is 10.3. The average molecular weight is 354 g/mol. The first-order chi connectivity index (χ1) is 8.70. The lowest BCUT2D eigenvalue weighted by Gasteiger charge is -2.28. The summed E-state index contributed by atoms with van der Waals surface area (Å²) in [6, 6.07) is 7.86. The maximum Gasteiger partial charge on any atom is 0.259 e. The van der Waals surface area contributed by atoms with Crippen LogP contribution in [0.5, 0.6) is 0 Å². The topological polar surface area (TPSA) is 23.6 Å². The molecule has 0 saturated carbocycles. The van der Waals surface area contributed by atoms with Gasteiger partial charge in [-0.1, -0.05) is 12.1 Å². The van der Waals surface area contributed by atoms with E-state index in [4.69, 9.17) is 0 Å². The standard InChI is InChI=1S/C14H15IN2O/c1-16-12-8-4-5-9-13(12)17(15)11-7-3-2-6-10(11)14(16)18/h2-3,6-7H,4-5,8-9H2,1H3. The second-order valence-corrected chi connectivity index (χ2v) is 5.73. The monoisotopic (exact) mass is 354 g/mol. The number of hydrogen-bond donors (Lipinski definition) is 0. The first kappa shape index (κ1) is 12.0. The van der Waals surface area contributed by atoms with Gasteiger partial charge in [0.05, 0.1) is 34.1 Å². The Bertz CT molecular complexity index is 538. The molecular weight excluding hydrogens is 339 g/mol. The lowest BCUT2D eigenvalue weighted by atomic mass is 10.0. The lowest BCUT2D eigenvalue weighted by Crippen LogP contribution is -2.27. The van der Waals surface area contributed by atoms with E-state index in [9.17, 15) is 4.79 Å². The summed E-state index contributed by atoms with van der Waals surface area (Å²) in [7, 11) is 1.90. The van der Waals surface area contributed by atoms with E-state index >= 15 is 0 Å². The normalized spacial score (nSPS) is 19.6. The molecule has 1 aromatic rings. The van der Waals surface area contributed by atoms with E-state index in [0.29, 0.717) is 0 Å². The van der Waals surface area contributed by atoms with Gasteiger partial charge in [-0.2, -0.15) is 0 Å². The first-order valence-corrected chi connectivity index (χ1v) is 7.21. The van der Waals surface area contributed by atoms with Crippen molar-refractivity contribution in [1.29, 1.82) is 0 Å². The van der Waals surface area contributed by atoms with Gasteiger partial charge in [-0.3, -0.25) is 7.91 Å². The highest BCUT2D eigenvalue weighted by molar-refractivity contribution is 14.1. The van der Waals surface area contributed by atoms with Crippen molar-refractivity contribution in [2.45, 2.75) is 25.7 Å². The van der Waals surface area contributed by atoms with Crippen LogP contribution in [0.4, 0.5) is 5.69 Å². The number of benzene rings is 1. The molecule has 94 valence electrons. The van der Waals surface area contributed by atoms with Crippen LogP contribution in [0, 0.1) is 0 Å². The van der Waals surface area contributed by atoms with Crippen LogP contribution in [0.2, 0.25) is 0 Å². The Morgan fingerprint density at radius 2 is 1.78 bits per heavy atom. The minimum atomic E-state index is 0.110. The molecule has 1 heterocycles. The molecule has 2 aliphatic rings. The van der Waals surface area contributed by atoms with Crippen LogP contribution in [-0.2, 0) is 0 Å². The maximum absolute atomic E-state index is 12.5. The number of fused-ring (bicyclic) bond motifs is 1. The number of carbonyl (C=O) groups is 1. The number of rotatable bonds is 0. The van der Waals surface area contributed by atoms with Gasteiger partial charge >= 0.3 is 0 Å². The average Bonchev–Trinajstić information content (AvgIpc) is 2.51. The van der Waals surface area contributed by atoms with Gasteiger partial charge in [-0.05, 0) is 37.8 Å². The molecule has 0 spiro atoms. The summed E-state index contributed by atoms with van der Waals surface area (Å²) < 4.78 is 2.17. The van der Waals surface area contributed by atoms with Gasteiger partial charge in [0, 0.05) is 18.4 Å². The molecule has 1 aliphatic carbocycles. The highest BCUT2D eigenvalue weighted by Gasteiger charge is 2.30. The Kier molecular flexibility index (Phi) is 3.05. The van der Waals surface area contributed by atoms with Crippen molar-refractivity contribution in [3.63, 3.8) is 0 Å². The molecule has 1 aromatic carbocycles. The third-order valence-electron chi connectivity index (χ3n) is 3.70. The summed E-state index contributed by atoms with van der Waals surface area (Å²) in [6.45, 7) is 0. The largest absolute Gasteiger partial charge is 0.313 e. The van der Waals surface area contributed by atoms with Crippen molar-refractivity contribution in [2.75, 3.05) is 10.2 Å². The fraction of sp³-hybridized carbons (Fsp3) is 0.357. The predicted molar refractivity (Wildman–Crippen MR) is 80.5 cm³/mol. The summed E-state index contributed by atoms with van der Waals surface area (Å²) in [5, 5.41) is 0. The zero-order valence-corrected chi connectivity index (χ0v) is 12.5. The number of para-hydroxylation sites is 1. The summed E-state index contributed by atoms with van der Waals surface area (Å²) in [6.07, 6.45) is 4.45. The first-order valence-electron chi connectivity index (χ1n) is 6.25. The molecule has 0 radical (unpaired) electrons. The van der Waals surface area contributed by atoms with Crippen LogP contribution in [-0.4, -0.2) is 17.9 Å². The molecule has 0 N–H and O–H groups in total. The molecule has 1 amide bonds. The Morgan fingerprint density at radius 1 is 1.11 bits per heavy atom. The number of carbonyl (C=O) groups excluding carboxylic acids is 1. The Balaban J connectivity index is 2.20. The fourth-order valence-electron chi connectivity index (χ4n) is 2.72. The Labute approximate surface area is 121 Å². The number of nitrogens with zero attached hydrogens (tertiary/aromatic N) is 2. The number of halogens is 1. The van der Waals surface area contributed by atoms with E-state index in [2.05, 4.69) is 26.0 Å². The highest BCUT2D eigenvalue weighted by Crippen LogP contribution is 2.39. The van der Waals surface area contributed by atoms with E-state index in [1.54, 1.807) is 0 Å². The molecule has 0 bridgehead atoms. The molecule has 4 heteroatoms. The Hall–Kier alpha value is -1.04. The lowest BCUT2D eigenvalue weighted by molar-refractivity contribution is 0.0831. The smallest absolute Gasteiger partial charge is 0.259 e. The van der Waals surface area contributed by atoms with Crippen molar-refractivity contribution in [2.24, 2.45) is 0 Å². The molecule has 0 saturated heterocycles. The number of anilines is 1. The molecule has 3 rings (SSSR count). The van der Waals surface area contributed by atoms with Crippen molar-refractivity contribution in [3.8, 4) is 0 Å². The van der Waals surface area contributed by atoms with Gasteiger partial charge in [0.2, 0.25) is 0 Å². The van der Waals surface area contributed by atoms with E-state index in [0.717, 1.165) is 24.1 Å². The molecular formula is C14H15IN2O. The molecule has 18 heavy (non-hydrogen) atoms. The van der Waals surface area contributed by atoms with Crippen LogP contribution in [0.15, 0.2) is 35.7 Å². The van der Waals surface area contributed by atoms with E-state index < -0.39 is 0 Å².